The third-order valence-electron chi connectivity index (χ3n) is 3.60. The summed E-state index contributed by atoms with van der Waals surface area (Å²) >= 11 is 5.86. The summed E-state index contributed by atoms with van der Waals surface area (Å²) in [5.74, 6) is 1.38. The largest absolute Gasteiger partial charge is 0.493 e. The number of hydrogen-bond donors (Lipinski definition) is 1. The van der Waals surface area contributed by atoms with Gasteiger partial charge >= 0.3 is 0 Å². The Morgan fingerprint density at radius 3 is 2.50 bits per heavy atom. The molecule has 0 unspecified atom stereocenters. The van der Waals surface area contributed by atoms with E-state index in [0.29, 0.717) is 33.9 Å². The number of hydrogen-bond acceptors (Lipinski definition) is 6. The molecule has 1 aromatic heterocycles. The van der Waals surface area contributed by atoms with E-state index >= 15 is 0 Å². The van der Waals surface area contributed by atoms with E-state index < -0.39 is 0 Å². The standard InChI is InChI=1S/C18H16ClN3O4/c1-24-14-8-5-12(9-15(14)25-2)17(23)20-10-16-21-22-18(26-16)11-3-6-13(19)7-4-11/h3-9H,10H2,1-2H3,(H,20,23). The van der Waals surface area contributed by atoms with E-state index in [-0.39, 0.29) is 12.5 Å². The molecular formula is C18H16ClN3O4. The third-order valence-corrected chi connectivity index (χ3v) is 3.86. The van der Waals surface area contributed by atoms with Gasteiger partial charge in [-0.2, -0.15) is 0 Å². The Hall–Kier alpha value is -3.06. The Morgan fingerprint density at radius 2 is 1.81 bits per heavy atom. The van der Waals surface area contributed by atoms with Crippen LogP contribution >= 0.6 is 11.6 Å². The van der Waals surface area contributed by atoms with Crippen LogP contribution in [0.5, 0.6) is 11.5 Å². The molecule has 1 N–H and O–H groups in total. The maximum atomic E-state index is 12.3. The average molecular weight is 374 g/mol. The van der Waals surface area contributed by atoms with Gasteiger partial charge in [-0.15, -0.1) is 10.2 Å². The van der Waals surface area contributed by atoms with Gasteiger partial charge in [0.15, 0.2) is 11.5 Å². The summed E-state index contributed by atoms with van der Waals surface area (Å²) in [6.07, 6.45) is 0. The van der Waals surface area contributed by atoms with Gasteiger partial charge in [-0.25, -0.2) is 0 Å². The fourth-order valence-corrected chi connectivity index (χ4v) is 2.40. The molecule has 1 heterocycles. The van der Waals surface area contributed by atoms with Crippen LogP contribution in [0.3, 0.4) is 0 Å². The number of benzene rings is 2. The van der Waals surface area contributed by atoms with Crippen LogP contribution in [0.25, 0.3) is 11.5 Å². The molecule has 0 spiro atoms. The fraction of sp³-hybridized carbons (Fsp3) is 0.167. The quantitative estimate of drug-likeness (QED) is 0.713. The van der Waals surface area contributed by atoms with Crippen LogP contribution in [0, 0.1) is 0 Å². The monoisotopic (exact) mass is 373 g/mol. The molecule has 1 amide bonds. The minimum atomic E-state index is -0.294. The zero-order valence-corrected chi connectivity index (χ0v) is 14.9. The molecule has 0 radical (unpaired) electrons. The molecule has 26 heavy (non-hydrogen) atoms. The maximum Gasteiger partial charge on any atom is 0.251 e. The predicted molar refractivity (Wildman–Crippen MR) is 95.5 cm³/mol. The summed E-state index contributed by atoms with van der Waals surface area (Å²) in [6.45, 7) is 0.105. The number of ether oxygens (including phenoxy) is 2. The lowest BCUT2D eigenvalue weighted by molar-refractivity contribution is 0.0947. The van der Waals surface area contributed by atoms with Crippen LogP contribution in [0.4, 0.5) is 0 Å². The summed E-state index contributed by atoms with van der Waals surface area (Å²) in [6, 6.07) is 11.9. The minimum absolute atomic E-state index is 0.105. The van der Waals surface area contributed by atoms with Gasteiger partial charge in [-0.05, 0) is 42.5 Å². The predicted octanol–water partition coefficient (Wildman–Crippen LogP) is 3.34. The van der Waals surface area contributed by atoms with Crippen molar-refractivity contribution in [3.8, 4) is 23.0 Å². The highest BCUT2D eigenvalue weighted by atomic mass is 35.5. The Bertz CT molecular complexity index is 909. The van der Waals surface area contributed by atoms with E-state index in [1.54, 1.807) is 42.5 Å². The van der Waals surface area contributed by atoms with Crippen molar-refractivity contribution in [2.24, 2.45) is 0 Å². The Labute approximate surface area is 154 Å². The lowest BCUT2D eigenvalue weighted by Crippen LogP contribution is -2.23. The van der Waals surface area contributed by atoms with E-state index in [1.165, 1.54) is 14.2 Å². The molecule has 7 nitrogen and oxygen atoms in total. The second-order valence-corrected chi connectivity index (χ2v) is 5.70. The normalized spacial score (nSPS) is 10.4. The highest BCUT2D eigenvalue weighted by molar-refractivity contribution is 6.30. The van der Waals surface area contributed by atoms with Gasteiger partial charge in [0.1, 0.15) is 0 Å². The Balaban J connectivity index is 1.66. The molecule has 0 bridgehead atoms. The number of amides is 1. The van der Waals surface area contributed by atoms with Crippen LogP contribution in [-0.4, -0.2) is 30.3 Å². The lowest BCUT2D eigenvalue weighted by atomic mass is 10.2. The second kappa shape index (κ2) is 7.88. The first-order valence-electron chi connectivity index (χ1n) is 7.69. The summed E-state index contributed by atoms with van der Waals surface area (Å²) in [4.78, 5) is 12.3. The van der Waals surface area contributed by atoms with Crippen LogP contribution in [0.1, 0.15) is 16.2 Å². The molecule has 0 saturated carbocycles. The van der Waals surface area contributed by atoms with E-state index in [4.69, 9.17) is 25.5 Å². The molecule has 3 aromatic rings. The molecule has 0 atom stereocenters. The van der Waals surface area contributed by atoms with Gasteiger partial charge in [0.05, 0.1) is 20.8 Å². The first-order valence-corrected chi connectivity index (χ1v) is 8.07. The number of carbonyl (C=O) groups excluding carboxylic acids is 1. The average Bonchev–Trinajstić information content (AvgIpc) is 3.15. The van der Waals surface area contributed by atoms with Crippen molar-refractivity contribution in [1.82, 2.24) is 15.5 Å². The van der Waals surface area contributed by atoms with Crippen molar-refractivity contribution in [3.05, 3.63) is 58.9 Å². The number of methoxy groups -OCH3 is 2. The van der Waals surface area contributed by atoms with Crippen molar-refractivity contribution in [2.45, 2.75) is 6.54 Å². The van der Waals surface area contributed by atoms with Gasteiger partial charge in [-0.3, -0.25) is 4.79 Å². The summed E-state index contributed by atoms with van der Waals surface area (Å²) in [5.41, 5.74) is 1.18. The SMILES string of the molecule is COc1ccc(C(=O)NCc2nnc(-c3ccc(Cl)cc3)o2)cc1OC. The highest BCUT2D eigenvalue weighted by Gasteiger charge is 2.13. The van der Waals surface area contributed by atoms with Gasteiger partial charge in [0.25, 0.3) is 5.91 Å². The topological polar surface area (TPSA) is 86.5 Å². The van der Waals surface area contributed by atoms with Gasteiger partial charge in [0, 0.05) is 16.1 Å². The van der Waals surface area contributed by atoms with Gasteiger partial charge < -0.3 is 19.2 Å². The molecule has 0 aliphatic heterocycles. The molecule has 0 aliphatic carbocycles. The Morgan fingerprint density at radius 1 is 1.08 bits per heavy atom. The molecule has 2 aromatic carbocycles. The van der Waals surface area contributed by atoms with Crippen molar-refractivity contribution >= 4 is 17.5 Å². The number of nitrogens with zero attached hydrogens (tertiary/aromatic N) is 2. The zero-order valence-electron chi connectivity index (χ0n) is 14.2. The molecule has 3 rings (SSSR count). The van der Waals surface area contributed by atoms with E-state index in [1.807, 2.05) is 0 Å². The molecule has 0 fully saturated rings. The van der Waals surface area contributed by atoms with Crippen molar-refractivity contribution in [1.29, 1.82) is 0 Å². The number of rotatable bonds is 6. The van der Waals surface area contributed by atoms with Crippen molar-refractivity contribution < 1.29 is 18.7 Å². The molecular weight excluding hydrogens is 358 g/mol. The molecule has 134 valence electrons. The van der Waals surface area contributed by atoms with E-state index in [9.17, 15) is 4.79 Å². The van der Waals surface area contributed by atoms with Crippen LogP contribution in [-0.2, 0) is 6.54 Å². The van der Waals surface area contributed by atoms with Gasteiger partial charge in [-0.1, -0.05) is 11.6 Å². The molecule has 0 aliphatic rings. The summed E-state index contributed by atoms with van der Waals surface area (Å²) in [5, 5.41) is 11.2. The fourth-order valence-electron chi connectivity index (χ4n) is 2.27. The molecule has 8 heteroatoms. The highest BCUT2D eigenvalue weighted by Crippen LogP contribution is 2.27. The third kappa shape index (κ3) is 3.94. The van der Waals surface area contributed by atoms with Crippen molar-refractivity contribution in [3.63, 3.8) is 0 Å². The van der Waals surface area contributed by atoms with E-state index in [0.717, 1.165) is 5.56 Å². The van der Waals surface area contributed by atoms with Crippen molar-refractivity contribution in [2.75, 3.05) is 14.2 Å². The summed E-state index contributed by atoms with van der Waals surface area (Å²) in [7, 11) is 3.04. The Kier molecular flexibility index (Phi) is 5.38. The van der Waals surface area contributed by atoms with Crippen LogP contribution < -0.4 is 14.8 Å². The van der Waals surface area contributed by atoms with E-state index in [2.05, 4.69) is 15.5 Å². The minimum Gasteiger partial charge on any atom is -0.493 e. The number of halogens is 1. The smallest absolute Gasteiger partial charge is 0.251 e. The van der Waals surface area contributed by atoms with Gasteiger partial charge in [0.2, 0.25) is 11.8 Å². The lowest BCUT2D eigenvalue weighted by Gasteiger charge is -2.09. The first-order chi connectivity index (χ1) is 12.6. The maximum absolute atomic E-state index is 12.3. The number of carbonyl (C=O) groups is 1. The van der Waals surface area contributed by atoms with Crippen LogP contribution in [0.15, 0.2) is 46.9 Å². The first kappa shape index (κ1) is 17.8. The summed E-state index contributed by atoms with van der Waals surface area (Å²) < 4.78 is 15.9. The zero-order chi connectivity index (χ0) is 18.5. The molecule has 0 saturated heterocycles. The van der Waals surface area contributed by atoms with Crippen LogP contribution in [0.2, 0.25) is 5.02 Å². The number of aromatic nitrogens is 2. The number of nitrogens with one attached hydrogen (secondary N) is 1. The second-order valence-electron chi connectivity index (χ2n) is 5.26.